The van der Waals surface area contributed by atoms with Crippen LogP contribution in [0.3, 0.4) is 0 Å². The zero-order valence-corrected chi connectivity index (χ0v) is 18.6. The van der Waals surface area contributed by atoms with Crippen molar-refractivity contribution in [3.05, 3.63) is 23.8 Å². The number of aliphatic hydroxyl groups excluding tert-OH is 1. The highest BCUT2D eigenvalue weighted by molar-refractivity contribution is 5.75. The van der Waals surface area contributed by atoms with E-state index in [1.807, 2.05) is 21.0 Å². The molecule has 0 saturated heterocycles. The molecule has 0 unspecified atom stereocenters. The topological polar surface area (TPSA) is 60.8 Å². The van der Waals surface area contributed by atoms with E-state index in [1.54, 1.807) is 4.90 Å². The Morgan fingerprint density at radius 1 is 1.28 bits per heavy atom. The largest absolute Gasteiger partial charge is 0.392 e. The van der Waals surface area contributed by atoms with E-state index in [2.05, 4.69) is 18.2 Å². The summed E-state index contributed by atoms with van der Waals surface area (Å²) >= 11 is 0. The Labute approximate surface area is 177 Å². The molecule has 0 heterocycles. The molecule has 0 bridgehead atoms. The lowest BCUT2D eigenvalue weighted by Gasteiger charge is -2.29. The summed E-state index contributed by atoms with van der Waals surface area (Å²) in [6.45, 7) is 1.98. The zero-order valence-electron chi connectivity index (χ0n) is 18.6. The van der Waals surface area contributed by atoms with Gasteiger partial charge in [0, 0.05) is 26.4 Å². The number of carbonyl (C=O) groups excluding carboxylic acids is 1. The van der Waals surface area contributed by atoms with Gasteiger partial charge in [-0.05, 0) is 76.0 Å². The third-order valence-corrected chi connectivity index (χ3v) is 7.71. The summed E-state index contributed by atoms with van der Waals surface area (Å²) in [5, 5.41) is 21.4. The van der Waals surface area contributed by atoms with Crippen molar-refractivity contribution >= 4 is 5.91 Å². The van der Waals surface area contributed by atoms with Gasteiger partial charge < -0.3 is 15.1 Å². The molecular weight excluding hydrogens is 362 g/mol. The van der Waals surface area contributed by atoms with Gasteiger partial charge in [-0.3, -0.25) is 4.79 Å². The molecule has 4 heteroatoms. The summed E-state index contributed by atoms with van der Waals surface area (Å²) in [6.07, 6.45) is 17.6. The Bertz CT molecular complexity index is 616. The van der Waals surface area contributed by atoms with Gasteiger partial charge in [0.2, 0.25) is 5.91 Å². The molecule has 2 fully saturated rings. The van der Waals surface area contributed by atoms with Gasteiger partial charge in [-0.25, -0.2) is 0 Å². The first-order valence-corrected chi connectivity index (χ1v) is 11.7. The Morgan fingerprint density at radius 2 is 2.00 bits per heavy atom. The summed E-state index contributed by atoms with van der Waals surface area (Å²) < 4.78 is 0. The number of aliphatic hydroxyl groups is 2. The smallest absolute Gasteiger partial charge is 0.222 e. The first-order valence-electron chi connectivity index (χ1n) is 11.7. The van der Waals surface area contributed by atoms with Crippen molar-refractivity contribution in [1.82, 2.24) is 4.90 Å². The highest BCUT2D eigenvalue weighted by atomic mass is 16.3. The number of rotatable bonds is 9. The van der Waals surface area contributed by atoms with Crippen molar-refractivity contribution in [3.8, 4) is 0 Å². The number of hydrogen-bond acceptors (Lipinski definition) is 3. The summed E-state index contributed by atoms with van der Waals surface area (Å²) in [6, 6.07) is 0. The number of unbranched alkanes of at least 4 members (excludes halogenated alkanes) is 1. The minimum atomic E-state index is -0.612. The molecule has 0 aromatic rings. The Balaban J connectivity index is 1.45. The number of allylic oxidation sites excluding steroid dienone is 2. The van der Waals surface area contributed by atoms with Crippen LogP contribution in [0.25, 0.3) is 0 Å². The third kappa shape index (κ3) is 5.73. The molecule has 4 nitrogen and oxygen atoms in total. The van der Waals surface area contributed by atoms with E-state index in [0.717, 1.165) is 44.9 Å². The van der Waals surface area contributed by atoms with Crippen LogP contribution >= 0.6 is 0 Å². The van der Waals surface area contributed by atoms with Gasteiger partial charge in [0.05, 0.1) is 11.7 Å². The Hall–Kier alpha value is -1.13. The minimum Gasteiger partial charge on any atom is -0.392 e. The number of nitrogens with zero attached hydrogens (tertiary/aromatic N) is 1. The number of fused-ring (bicyclic) bond motifs is 1. The van der Waals surface area contributed by atoms with E-state index >= 15 is 0 Å². The van der Waals surface area contributed by atoms with Crippen molar-refractivity contribution in [1.29, 1.82) is 0 Å². The van der Waals surface area contributed by atoms with E-state index in [4.69, 9.17) is 0 Å². The van der Waals surface area contributed by atoms with Gasteiger partial charge in [-0.15, -0.1) is 0 Å². The van der Waals surface area contributed by atoms with Crippen LogP contribution < -0.4 is 0 Å². The van der Waals surface area contributed by atoms with Gasteiger partial charge in [0.25, 0.3) is 0 Å². The normalized spacial score (nSPS) is 31.8. The second-order valence-electron chi connectivity index (χ2n) is 10.2. The average Bonchev–Trinajstić information content (AvgIpc) is 3.37. The summed E-state index contributed by atoms with van der Waals surface area (Å²) in [7, 11) is 3.63. The van der Waals surface area contributed by atoms with Gasteiger partial charge in [-0.1, -0.05) is 36.6 Å². The summed E-state index contributed by atoms with van der Waals surface area (Å²) in [5.74, 6) is 1.85. The van der Waals surface area contributed by atoms with E-state index < -0.39 is 5.60 Å². The second kappa shape index (κ2) is 9.78. The molecule has 2 N–H and O–H groups in total. The average molecular weight is 404 g/mol. The molecule has 0 aliphatic heterocycles. The minimum absolute atomic E-state index is 0.212. The molecule has 0 aromatic carbocycles. The van der Waals surface area contributed by atoms with Crippen LogP contribution in [0.15, 0.2) is 23.8 Å². The number of hydrogen-bond donors (Lipinski definition) is 2. The summed E-state index contributed by atoms with van der Waals surface area (Å²) in [4.78, 5) is 13.4. The zero-order chi connectivity index (χ0) is 21.0. The Morgan fingerprint density at radius 3 is 2.69 bits per heavy atom. The van der Waals surface area contributed by atoms with Crippen LogP contribution in [-0.4, -0.2) is 46.8 Å². The standard InChI is InChI=1S/C25H41NO3/c1-25(29,20-10-5-6-11-20)14-8-12-21-22-16-18(15-19(22)17-23(21)27)9-4-7-13-24(28)26(2)3/h8,12,15,19-23,27,29H,4-7,9-11,13-14,16-17H2,1-3H3/t19-,21+,22-,23+,25-/m0/s1. The van der Waals surface area contributed by atoms with Crippen molar-refractivity contribution in [2.45, 2.75) is 89.3 Å². The highest BCUT2D eigenvalue weighted by Crippen LogP contribution is 2.48. The fraction of sp³-hybridized carbons (Fsp3) is 0.800. The van der Waals surface area contributed by atoms with Crippen LogP contribution in [-0.2, 0) is 4.79 Å². The van der Waals surface area contributed by atoms with Crippen LogP contribution in [0.2, 0.25) is 0 Å². The lowest BCUT2D eigenvalue weighted by Crippen LogP contribution is -2.32. The molecule has 164 valence electrons. The van der Waals surface area contributed by atoms with Crippen molar-refractivity contribution < 1.29 is 15.0 Å². The molecule has 0 spiro atoms. The van der Waals surface area contributed by atoms with Crippen molar-refractivity contribution in [2.24, 2.45) is 23.7 Å². The van der Waals surface area contributed by atoms with Crippen molar-refractivity contribution in [3.63, 3.8) is 0 Å². The van der Waals surface area contributed by atoms with Gasteiger partial charge in [-0.2, -0.15) is 0 Å². The van der Waals surface area contributed by atoms with Crippen LogP contribution in [0, 0.1) is 23.7 Å². The lowest BCUT2D eigenvalue weighted by atomic mass is 9.83. The molecule has 3 aliphatic rings. The molecule has 2 saturated carbocycles. The van der Waals surface area contributed by atoms with Crippen LogP contribution in [0.5, 0.6) is 0 Å². The third-order valence-electron chi connectivity index (χ3n) is 7.71. The molecule has 1 amide bonds. The van der Waals surface area contributed by atoms with Gasteiger partial charge in [0.1, 0.15) is 0 Å². The first-order chi connectivity index (χ1) is 13.8. The quantitative estimate of drug-likeness (QED) is 0.441. The van der Waals surface area contributed by atoms with Crippen LogP contribution in [0.1, 0.15) is 77.6 Å². The summed E-state index contributed by atoms with van der Waals surface area (Å²) in [5.41, 5.74) is 0.902. The van der Waals surface area contributed by atoms with Gasteiger partial charge in [0.15, 0.2) is 0 Å². The molecular formula is C25H41NO3. The molecule has 3 rings (SSSR count). The maximum atomic E-state index is 11.7. The Kier molecular flexibility index (Phi) is 7.61. The van der Waals surface area contributed by atoms with E-state index in [9.17, 15) is 15.0 Å². The van der Waals surface area contributed by atoms with E-state index in [0.29, 0.717) is 30.6 Å². The van der Waals surface area contributed by atoms with E-state index in [-0.39, 0.29) is 17.9 Å². The monoisotopic (exact) mass is 403 g/mol. The maximum absolute atomic E-state index is 11.7. The highest BCUT2D eigenvalue weighted by Gasteiger charge is 2.43. The predicted octanol–water partition coefficient (Wildman–Crippen LogP) is 4.47. The number of carbonyl (C=O) groups is 1. The van der Waals surface area contributed by atoms with E-state index in [1.165, 1.54) is 18.4 Å². The van der Waals surface area contributed by atoms with Crippen LogP contribution in [0.4, 0.5) is 0 Å². The first kappa shape index (κ1) is 22.6. The second-order valence-corrected chi connectivity index (χ2v) is 10.2. The lowest BCUT2D eigenvalue weighted by molar-refractivity contribution is -0.128. The van der Waals surface area contributed by atoms with Gasteiger partial charge >= 0.3 is 0 Å². The molecule has 0 radical (unpaired) electrons. The fourth-order valence-corrected chi connectivity index (χ4v) is 5.82. The SMILES string of the molecule is CN(C)C(=O)CCCCC1=C[C@H]2C[C@@H](O)[C@H](C=CC[C@](C)(O)C3CCCC3)[C@H]2C1. The molecule has 0 aromatic heterocycles. The predicted molar refractivity (Wildman–Crippen MR) is 117 cm³/mol. The molecule has 29 heavy (non-hydrogen) atoms. The maximum Gasteiger partial charge on any atom is 0.222 e. The number of amides is 1. The molecule has 5 atom stereocenters. The van der Waals surface area contributed by atoms with Crippen molar-refractivity contribution in [2.75, 3.05) is 14.1 Å². The fourth-order valence-electron chi connectivity index (χ4n) is 5.82. The molecule has 3 aliphatic carbocycles.